The van der Waals surface area contributed by atoms with Gasteiger partial charge in [-0.3, -0.25) is 3.97 Å². The molecule has 0 saturated carbocycles. The van der Waals surface area contributed by atoms with Crippen molar-refractivity contribution < 1.29 is 14.3 Å². The van der Waals surface area contributed by atoms with E-state index in [0.29, 0.717) is 11.3 Å². The van der Waals surface area contributed by atoms with Crippen LogP contribution in [0.2, 0.25) is 0 Å². The number of benzene rings is 1. The number of hydrogen-bond donors (Lipinski definition) is 0. The summed E-state index contributed by atoms with van der Waals surface area (Å²) in [6, 6.07) is 5.70. The lowest BCUT2D eigenvalue weighted by molar-refractivity contribution is 0.0597. The minimum Gasteiger partial charge on any atom is -0.496 e. The number of rotatable bonds is 3. The predicted molar refractivity (Wildman–Crippen MR) is 81.6 cm³/mol. The molecule has 0 saturated heterocycles. The molecule has 6 heteroatoms. The van der Waals surface area contributed by atoms with E-state index in [9.17, 15) is 4.79 Å². The summed E-state index contributed by atoms with van der Waals surface area (Å²) < 4.78 is 12.1. The fourth-order valence-corrected chi connectivity index (χ4v) is 3.84. The molecule has 0 unspecified atom stereocenters. The van der Waals surface area contributed by atoms with Gasteiger partial charge in [0.15, 0.2) is 0 Å². The zero-order valence-corrected chi connectivity index (χ0v) is 13.2. The number of methoxy groups -OCH3 is 2. The third-order valence-corrected chi connectivity index (χ3v) is 4.53. The first-order valence-electron chi connectivity index (χ1n) is 5.20. The molecule has 1 aromatic carbocycles. The van der Waals surface area contributed by atoms with Crippen LogP contribution in [0.3, 0.4) is 0 Å². The standard InChI is InChI=1S/C12H12INO3S/c1-7-4-8-5-9(12(15)17-3)11(16-2)6-10(8)14(7)18-13/h4-6H,1-3H3. The highest BCUT2D eigenvalue weighted by Gasteiger charge is 2.16. The maximum atomic E-state index is 11.7. The Labute approximate surface area is 121 Å². The average molecular weight is 377 g/mol. The normalized spacial score (nSPS) is 10.7. The molecule has 2 aromatic rings. The number of nitrogens with zero attached hydrogens (tertiary/aromatic N) is 1. The second-order valence-electron chi connectivity index (χ2n) is 3.75. The Balaban J connectivity index is 2.72. The summed E-state index contributed by atoms with van der Waals surface area (Å²) in [5, 5.41) is 0.998. The van der Waals surface area contributed by atoms with Gasteiger partial charge in [0.05, 0.1) is 19.7 Å². The molecule has 0 aliphatic rings. The van der Waals surface area contributed by atoms with Crippen molar-refractivity contribution in [2.75, 3.05) is 14.2 Å². The highest BCUT2D eigenvalue weighted by Crippen LogP contribution is 2.33. The number of esters is 1. The monoisotopic (exact) mass is 377 g/mol. The number of carbonyl (C=O) groups is 1. The molecule has 0 radical (unpaired) electrons. The van der Waals surface area contributed by atoms with Gasteiger partial charge in [0.1, 0.15) is 11.3 Å². The van der Waals surface area contributed by atoms with Crippen molar-refractivity contribution in [2.45, 2.75) is 6.92 Å². The summed E-state index contributed by atoms with van der Waals surface area (Å²) >= 11 is 2.22. The van der Waals surface area contributed by atoms with E-state index in [2.05, 4.69) is 25.2 Å². The SMILES string of the molecule is COC(=O)c1cc2cc(C)n(SI)c2cc1OC. The number of fused-ring (bicyclic) bond motifs is 1. The molecule has 1 heterocycles. The Bertz CT molecular complexity index is 609. The van der Waals surface area contributed by atoms with Crippen molar-refractivity contribution in [2.24, 2.45) is 0 Å². The maximum absolute atomic E-state index is 11.7. The van der Waals surface area contributed by atoms with Crippen LogP contribution in [0, 0.1) is 6.92 Å². The molecule has 0 aliphatic heterocycles. The third-order valence-electron chi connectivity index (χ3n) is 2.73. The Hall–Kier alpha value is -0.890. The van der Waals surface area contributed by atoms with Gasteiger partial charge in [-0.1, -0.05) is 0 Å². The van der Waals surface area contributed by atoms with Crippen LogP contribution in [-0.2, 0) is 4.74 Å². The number of carbonyl (C=O) groups excluding carboxylic acids is 1. The second-order valence-corrected chi connectivity index (χ2v) is 5.44. The molecule has 4 nitrogen and oxygen atoms in total. The lowest BCUT2D eigenvalue weighted by atomic mass is 10.1. The van der Waals surface area contributed by atoms with Gasteiger partial charge in [0.2, 0.25) is 0 Å². The Morgan fingerprint density at radius 2 is 2.06 bits per heavy atom. The van der Waals surface area contributed by atoms with Gasteiger partial charge < -0.3 is 9.47 Å². The van der Waals surface area contributed by atoms with Crippen LogP contribution < -0.4 is 4.74 Å². The fraction of sp³-hybridized carbons (Fsp3) is 0.250. The molecule has 0 fully saturated rings. The van der Waals surface area contributed by atoms with E-state index < -0.39 is 0 Å². The van der Waals surface area contributed by atoms with Gasteiger partial charge in [0, 0.05) is 47.5 Å². The first-order valence-corrected chi connectivity index (χ1v) is 8.51. The summed E-state index contributed by atoms with van der Waals surface area (Å²) in [6.07, 6.45) is 0. The van der Waals surface area contributed by atoms with E-state index in [-0.39, 0.29) is 5.97 Å². The summed E-state index contributed by atoms with van der Waals surface area (Å²) in [4.78, 5) is 11.7. The molecule has 1 aromatic heterocycles. The van der Waals surface area contributed by atoms with Crippen molar-refractivity contribution in [1.29, 1.82) is 0 Å². The van der Waals surface area contributed by atoms with Gasteiger partial charge >= 0.3 is 5.97 Å². The minimum absolute atomic E-state index is 0.388. The smallest absolute Gasteiger partial charge is 0.341 e. The highest BCUT2D eigenvalue weighted by atomic mass is 127. The summed E-state index contributed by atoms with van der Waals surface area (Å²) in [5.74, 6) is 0.139. The highest BCUT2D eigenvalue weighted by molar-refractivity contribution is 14.2. The molecular formula is C12H12INO3S. The van der Waals surface area contributed by atoms with Crippen LogP contribution >= 0.6 is 30.3 Å². The Morgan fingerprint density at radius 1 is 1.33 bits per heavy atom. The molecule has 0 amide bonds. The molecule has 18 heavy (non-hydrogen) atoms. The molecule has 0 atom stereocenters. The molecule has 0 aliphatic carbocycles. The van der Waals surface area contributed by atoms with E-state index in [0.717, 1.165) is 16.6 Å². The maximum Gasteiger partial charge on any atom is 0.341 e. The quantitative estimate of drug-likeness (QED) is 0.606. The number of aryl methyl sites for hydroxylation is 1. The van der Waals surface area contributed by atoms with E-state index in [1.807, 2.05) is 19.1 Å². The first-order chi connectivity index (χ1) is 8.62. The number of halogens is 1. The molecule has 0 bridgehead atoms. The molecule has 0 N–H and O–H groups in total. The lowest BCUT2D eigenvalue weighted by Crippen LogP contribution is -2.04. The van der Waals surface area contributed by atoms with Gasteiger partial charge in [-0.05, 0) is 19.1 Å². The first kappa shape index (κ1) is 13.5. The van der Waals surface area contributed by atoms with Crippen LogP contribution in [0.25, 0.3) is 10.9 Å². The topological polar surface area (TPSA) is 40.5 Å². The zero-order chi connectivity index (χ0) is 13.3. The molecule has 2 rings (SSSR count). The van der Waals surface area contributed by atoms with Crippen LogP contribution in [0.5, 0.6) is 5.75 Å². The second kappa shape index (κ2) is 5.40. The largest absolute Gasteiger partial charge is 0.496 e. The van der Waals surface area contributed by atoms with Crippen LogP contribution in [0.15, 0.2) is 18.2 Å². The van der Waals surface area contributed by atoms with Crippen molar-refractivity contribution in [1.82, 2.24) is 3.97 Å². The summed E-state index contributed by atoms with van der Waals surface area (Å²) in [6.45, 7) is 2.02. The lowest BCUT2D eigenvalue weighted by Gasteiger charge is -2.08. The van der Waals surface area contributed by atoms with Crippen molar-refractivity contribution in [3.8, 4) is 5.75 Å². The van der Waals surface area contributed by atoms with Gasteiger partial charge in [0.25, 0.3) is 0 Å². The van der Waals surface area contributed by atoms with E-state index in [4.69, 9.17) is 9.47 Å². The molecule has 96 valence electrons. The Morgan fingerprint density at radius 3 is 2.61 bits per heavy atom. The van der Waals surface area contributed by atoms with E-state index in [1.165, 1.54) is 7.11 Å². The number of hydrogen-bond acceptors (Lipinski definition) is 4. The average Bonchev–Trinajstić information content (AvgIpc) is 2.70. The van der Waals surface area contributed by atoms with Crippen molar-refractivity contribution in [3.63, 3.8) is 0 Å². The predicted octanol–water partition coefficient (Wildman–Crippen LogP) is 3.59. The third kappa shape index (κ3) is 2.18. The van der Waals surface area contributed by atoms with Crippen LogP contribution in [0.4, 0.5) is 0 Å². The van der Waals surface area contributed by atoms with Crippen molar-refractivity contribution >= 4 is 47.2 Å². The molecule has 0 spiro atoms. The zero-order valence-electron chi connectivity index (χ0n) is 10.2. The van der Waals surface area contributed by atoms with Crippen LogP contribution in [0.1, 0.15) is 16.1 Å². The number of aromatic nitrogens is 1. The van der Waals surface area contributed by atoms with E-state index in [1.54, 1.807) is 22.3 Å². The van der Waals surface area contributed by atoms with E-state index >= 15 is 0 Å². The van der Waals surface area contributed by atoms with Gasteiger partial charge in [-0.25, -0.2) is 4.79 Å². The summed E-state index contributed by atoms with van der Waals surface area (Å²) in [7, 11) is 4.50. The molecular weight excluding hydrogens is 365 g/mol. The Kier molecular flexibility index (Phi) is 4.06. The number of ether oxygens (including phenoxy) is 2. The fourth-order valence-electron chi connectivity index (χ4n) is 1.88. The van der Waals surface area contributed by atoms with Crippen molar-refractivity contribution in [3.05, 3.63) is 29.5 Å². The van der Waals surface area contributed by atoms with Crippen LogP contribution in [-0.4, -0.2) is 24.2 Å². The van der Waals surface area contributed by atoms with Gasteiger partial charge in [-0.15, -0.1) is 0 Å². The summed E-state index contributed by atoms with van der Waals surface area (Å²) in [5.41, 5.74) is 2.59. The minimum atomic E-state index is -0.388. The van der Waals surface area contributed by atoms with Gasteiger partial charge in [-0.2, -0.15) is 0 Å².